The van der Waals surface area contributed by atoms with Crippen LogP contribution in [0.3, 0.4) is 0 Å². The van der Waals surface area contributed by atoms with Crippen molar-refractivity contribution in [2.45, 2.75) is 6.61 Å². The van der Waals surface area contributed by atoms with E-state index in [-0.39, 0.29) is 0 Å². The molecule has 0 amide bonds. The van der Waals surface area contributed by atoms with E-state index in [4.69, 9.17) is 9.39 Å². The van der Waals surface area contributed by atoms with Gasteiger partial charge in [-0.1, -0.05) is 12.1 Å². The molecule has 22 heavy (non-hydrogen) atoms. The van der Waals surface area contributed by atoms with Gasteiger partial charge in [0.25, 0.3) is 0 Å². The Labute approximate surface area is 126 Å². The summed E-state index contributed by atoms with van der Waals surface area (Å²) in [6, 6.07) is 13.0. The van der Waals surface area contributed by atoms with Gasteiger partial charge in [-0.25, -0.2) is 5.10 Å². The van der Waals surface area contributed by atoms with Crippen molar-refractivity contribution in [3.63, 3.8) is 0 Å². The summed E-state index contributed by atoms with van der Waals surface area (Å²) in [7, 11) is -0.939. The maximum Gasteiger partial charge on any atom is 0.495 e. The zero-order chi connectivity index (χ0) is 14.9. The van der Waals surface area contributed by atoms with Crippen molar-refractivity contribution in [1.29, 1.82) is 0 Å². The molecule has 0 spiro atoms. The highest BCUT2D eigenvalue weighted by Crippen LogP contribution is 2.25. The zero-order valence-electron chi connectivity index (χ0n) is 11.4. The van der Waals surface area contributed by atoms with E-state index in [9.17, 15) is 5.02 Å². The molecule has 1 aliphatic rings. The van der Waals surface area contributed by atoms with E-state index < -0.39 is 7.12 Å². The normalized spacial score (nSPS) is 13.2. The lowest BCUT2D eigenvalue weighted by Crippen LogP contribution is -2.29. The number of benzene rings is 2. The smallest absolute Gasteiger partial charge is 0.458 e. The Morgan fingerprint density at radius 3 is 2.82 bits per heavy atom. The second-order valence-electron chi connectivity index (χ2n) is 4.87. The van der Waals surface area contributed by atoms with Crippen LogP contribution in [-0.4, -0.2) is 32.8 Å². The van der Waals surface area contributed by atoms with E-state index in [0.717, 1.165) is 11.1 Å². The molecule has 0 fully saturated rings. The molecule has 2 heterocycles. The van der Waals surface area contributed by atoms with Gasteiger partial charge in [0.2, 0.25) is 0 Å². The number of fused-ring (bicyclic) bond motifs is 1. The zero-order valence-corrected chi connectivity index (χ0v) is 11.4. The summed E-state index contributed by atoms with van der Waals surface area (Å²) < 4.78 is 11.1. The van der Waals surface area contributed by atoms with Crippen molar-refractivity contribution in [3.8, 4) is 22.9 Å². The highest BCUT2D eigenvalue weighted by molar-refractivity contribution is 6.62. The van der Waals surface area contributed by atoms with Gasteiger partial charge in [0.05, 0.1) is 6.61 Å². The lowest BCUT2D eigenvalue weighted by atomic mass is 9.79. The van der Waals surface area contributed by atoms with Crippen LogP contribution in [0, 0.1) is 0 Å². The van der Waals surface area contributed by atoms with Gasteiger partial charge < -0.3 is 14.4 Å². The molecule has 4 rings (SSSR count). The van der Waals surface area contributed by atoms with Crippen molar-refractivity contribution >= 4 is 12.6 Å². The number of H-pyrrole nitrogens is 1. The van der Waals surface area contributed by atoms with Gasteiger partial charge in [0.15, 0.2) is 5.82 Å². The molecule has 1 aromatic heterocycles. The van der Waals surface area contributed by atoms with Gasteiger partial charge >= 0.3 is 7.12 Å². The molecule has 108 valence electrons. The number of tetrazole rings is 1. The predicted octanol–water partition coefficient (Wildman–Crippen LogP) is 0.877. The molecular formula is C14H11BN4O3. The topological polar surface area (TPSA) is 93.2 Å². The third kappa shape index (κ3) is 2.24. The first-order valence-electron chi connectivity index (χ1n) is 6.75. The van der Waals surface area contributed by atoms with Gasteiger partial charge in [-0.2, -0.15) is 0 Å². The molecule has 0 aliphatic carbocycles. The first kappa shape index (κ1) is 13.0. The highest BCUT2D eigenvalue weighted by Gasteiger charge is 2.31. The minimum absolute atomic E-state index is 0.394. The van der Waals surface area contributed by atoms with Gasteiger partial charge in [-0.15, -0.1) is 5.10 Å². The highest BCUT2D eigenvalue weighted by atomic mass is 16.5. The van der Waals surface area contributed by atoms with Crippen LogP contribution in [0.5, 0.6) is 11.5 Å². The monoisotopic (exact) mass is 294 g/mol. The van der Waals surface area contributed by atoms with Crippen molar-refractivity contribution < 1.29 is 14.4 Å². The maximum absolute atomic E-state index is 9.88. The van der Waals surface area contributed by atoms with E-state index >= 15 is 0 Å². The van der Waals surface area contributed by atoms with E-state index in [0.29, 0.717) is 29.4 Å². The summed E-state index contributed by atoms with van der Waals surface area (Å²) >= 11 is 0. The lowest BCUT2D eigenvalue weighted by Gasteiger charge is -2.10. The molecule has 0 radical (unpaired) electrons. The van der Waals surface area contributed by atoms with Crippen LogP contribution in [0.15, 0.2) is 42.5 Å². The van der Waals surface area contributed by atoms with Crippen LogP contribution < -0.4 is 10.2 Å². The summed E-state index contributed by atoms with van der Waals surface area (Å²) in [4.78, 5) is 0. The van der Waals surface area contributed by atoms with Crippen LogP contribution in [0.4, 0.5) is 0 Å². The summed E-state index contributed by atoms with van der Waals surface area (Å²) in [6.45, 7) is 0.394. The van der Waals surface area contributed by atoms with Crippen molar-refractivity contribution in [1.82, 2.24) is 20.6 Å². The number of aromatic amines is 1. The van der Waals surface area contributed by atoms with Crippen LogP contribution in [0.2, 0.25) is 0 Å². The number of ether oxygens (including phenoxy) is 1. The summed E-state index contributed by atoms with van der Waals surface area (Å²) in [6.07, 6.45) is 0. The first-order valence-corrected chi connectivity index (χ1v) is 6.75. The number of rotatable bonds is 3. The van der Waals surface area contributed by atoms with Crippen molar-refractivity contribution in [2.75, 3.05) is 0 Å². The van der Waals surface area contributed by atoms with E-state index in [2.05, 4.69) is 20.6 Å². The summed E-state index contributed by atoms with van der Waals surface area (Å²) in [5.74, 6) is 1.84. The van der Waals surface area contributed by atoms with Crippen LogP contribution in [0.1, 0.15) is 5.56 Å². The van der Waals surface area contributed by atoms with E-state index in [1.54, 1.807) is 0 Å². The lowest BCUT2D eigenvalue weighted by molar-refractivity contribution is 0.275. The quantitative estimate of drug-likeness (QED) is 0.696. The fourth-order valence-corrected chi connectivity index (χ4v) is 2.43. The average molecular weight is 294 g/mol. The third-order valence-electron chi connectivity index (χ3n) is 3.50. The number of hydrogen-bond donors (Lipinski definition) is 2. The summed E-state index contributed by atoms with van der Waals surface area (Å²) in [5, 5.41) is 23.5. The predicted molar refractivity (Wildman–Crippen MR) is 78.5 cm³/mol. The van der Waals surface area contributed by atoms with Gasteiger partial charge in [0.1, 0.15) is 11.5 Å². The van der Waals surface area contributed by atoms with Crippen LogP contribution in [0.25, 0.3) is 11.4 Å². The molecule has 0 atom stereocenters. The number of nitrogens with one attached hydrogen (secondary N) is 1. The van der Waals surface area contributed by atoms with Crippen LogP contribution in [-0.2, 0) is 11.3 Å². The van der Waals surface area contributed by atoms with Crippen molar-refractivity contribution in [2.24, 2.45) is 0 Å². The number of nitrogens with zero attached hydrogens (tertiary/aromatic N) is 3. The Hall–Kier alpha value is -2.71. The number of hydrogen-bond acceptors (Lipinski definition) is 6. The van der Waals surface area contributed by atoms with E-state index in [1.807, 2.05) is 42.5 Å². The third-order valence-corrected chi connectivity index (χ3v) is 3.50. The van der Waals surface area contributed by atoms with Crippen LogP contribution >= 0.6 is 0 Å². The molecule has 0 saturated carbocycles. The molecule has 8 heteroatoms. The second-order valence-corrected chi connectivity index (χ2v) is 4.87. The molecule has 2 aromatic carbocycles. The minimum atomic E-state index is -0.939. The Morgan fingerprint density at radius 1 is 1.18 bits per heavy atom. The Morgan fingerprint density at radius 2 is 2.05 bits per heavy atom. The largest absolute Gasteiger partial charge is 0.495 e. The second kappa shape index (κ2) is 5.25. The Bertz CT molecular complexity index is 792. The van der Waals surface area contributed by atoms with E-state index in [1.165, 1.54) is 0 Å². The van der Waals surface area contributed by atoms with Gasteiger partial charge in [0, 0.05) is 11.0 Å². The maximum atomic E-state index is 9.88. The Balaban J connectivity index is 1.61. The molecule has 2 N–H and O–H groups in total. The average Bonchev–Trinajstić information content (AvgIpc) is 3.19. The summed E-state index contributed by atoms with van der Waals surface area (Å²) in [5.41, 5.74) is 2.49. The van der Waals surface area contributed by atoms with Crippen molar-refractivity contribution in [3.05, 3.63) is 48.0 Å². The molecule has 1 aliphatic heterocycles. The fourth-order valence-electron chi connectivity index (χ4n) is 2.43. The number of aromatic nitrogens is 4. The van der Waals surface area contributed by atoms with Gasteiger partial charge in [-0.3, -0.25) is 0 Å². The van der Waals surface area contributed by atoms with Gasteiger partial charge in [-0.05, 0) is 46.3 Å². The molecule has 7 nitrogen and oxygen atoms in total. The molecular weight excluding hydrogens is 283 g/mol. The first-order chi connectivity index (χ1) is 10.8. The Kier molecular flexibility index (Phi) is 3.10. The SMILES string of the molecule is OB1OCc2cccc(Oc3ccc(-c4nnn[nH]4)cc3)c21. The molecule has 0 bridgehead atoms. The molecule has 0 saturated heterocycles. The standard InChI is InChI=1S/C14H11BN4O3/c20-15-13-10(8-21-15)2-1-3-12(13)22-11-6-4-9(5-7-11)14-16-18-19-17-14/h1-7,20H,8H2,(H,16,17,18,19). The molecule has 0 unspecified atom stereocenters. The minimum Gasteiger partial charge on any atom is -0.458 e. The molecule has 3 aromatic rings. The fraction of sp³-hybridized carbons (Fsp3) is 0.0714.